The summed E-state index contributed by atoms with van der Waals surface area (Å²) in [7, 11) is 3.77. The zero-order chi connectivity index (χ0) is 24.0. The minimum Gasteiger partial charge on any atom is -0.868 e. The molecule has 0 amide bonds. The van der Waals surface area contributed by atoms with Gasteiger partial charge in [0.1, 0.15) is 24.2 Å². The van der Waals surface area contributed by atoms with Crippen LogP contribution in [0.3, 0.4) is 0 Å². The van der Waals surface area contributed by atoms with Crippen molar-refractivity contribution in [2.24, 2.45) is 0 Å². The monoisotopic (exact) mass is 472 g/mol. The molecule has 0 aliphatic carbocycles. The lowest BCUT2D eigenvalue weighted by atomic mass is 10.1. The number of para-hydroxylation sites is 1. The highest BCUT2D eigenvalue weighted by atomic mass is 32.2. The number of hydrogen-bond acceptors (Lipinski definition) is 8. The van der Waals surface area contributed by atoms with E-state index in [4.69, 9.17) is 23.4 Å². The molecule has 0 saturated heterocycles. The Bertz CT molecular complexity index is 1210. The molecule has 174 valence electrons. The lowest BCUT2D eigenvalue weighted by Gasteiger charge is -2.13. The van der Waals surface area contributed by atoms with Crippen LogP contribution in [-0.4, -0.2) is 45.9 Å². The van der Waals surface area contributed by atoms with E-state index in [1.165, 1.54) is 27.4 Å². The molecule has 3 aromatic rings. The van der Waals surface area contributed by atoms with Crippen LogP contribution in [0.5, 0.6) is 23.0 Å². The number of esters is 1. The Morgan fingerprint density at radius 3 is 2.39 bits per heavy atom. The minimum absolute atomic E-state index is 0.0454. The van der Waals surface area contributed by atoms with Gasteiger partial charge in [0.25, 0.3) is 0 Å². The summed E-state index contributed by atoms with van der Waals surface area (Å²) in [6, 6.07) is 10.0. The predicted octanol–water partition coefficient (Wildman–Crippen LogP) is 2.76. The maximum Gasteiger partial charge on any atom is 0.391 e. The first-order valence-electron chi connectivity index (χ1n) is 9.89. The summed E-state index contributed by atoms with van der Waals surface area (Å²) in [5.41, 5.74) is 0.260. The Morgan fingerprint density at radius 2 is 1.76 bits per heavy atom. The first-order chi connectivity index (χ1) is 15.9. The summed E-state index contributed by atoms with van der Waals surface area (Å²) in [5, 5.41) is 13.1. The number of methoxy groups -OCH3 is 3. The summed E-state index contributed by atoms with van der Waals surface area (Å²) in [6.45, 7) is 0.0454. The summed E-state index contributed by atoms with van der Waals surface area (Å²) < 4.78 is 26.4. The Labute approximate surface area is 193 Å². The molecule has 0 spiro atoms. The fourth-order valence-electron chi connectivity index (χ4n) is 3.18. The minimum atomic E-state index is -0.748. The van der Waals surface area contributed by atoms with Crippen molar-refractivity contribution < 1.29 is 33.3 Å². The van der Waals surface area contributed by atoms with Gasteiger partial charge in [-0.25, -0.2) is 9.59 Å². The first-order valence-corrected chi connectivity index (χ1v) is 11.7. The van der Waals surface area contributed by atoms with Crippen molar-refractivity contribution in [2.75, 3.05) is 39.9 Å². The highest BCUT2D eigenvalue weighted by Gasteiger charge is 2.24. The van der Waals surface area contributed by atoms with Gasteiger partial charge in [-0.05, 0) is 35.6 Å². The van der Waals surface area contributed by atoms with Gasteiger partial charge in [0.05, 0.1) is 21.3 Å². The number of carbonyl (C=O) groups excluding carboxylic acids is 1. The molecule has 33 heavy (non-hydrogen) atoms. The molecule has 0 bridgehead atoms. The maximum atomic E-state index is 12.7. The highest BCUT2D eigenvalue weighted by molar-refractivity contribution is 7.96. The van der Waals surface area contributed by atoms with Gasteiger partial charge in [0.2, 0.25) is 10.6 Å². The molecule has 9 heteroatoms. The quantitative estimate of drug-likeness (QED) is 0.203. The molecular weight excluding hydrogens is 448 g/mol. The number of ether oxygens (including phenoxy) is 4. The highest BCUT2D eigenvalue weighted by Crippen LogP contribution is 2.38. The van der Waals surface area contributed by atoms with Crippen LogP contribution in [0.25, 0.3) is 17.0 Å². The normalized spacial score (nSPS) is 12.0. The number of fused-ring (bicyclic) bond motifs is 1. The summed E-state index contributed by atoms with van der Waals surface area (Å²) in [6.07, 6.45) is 4.59. The zero-order valence-corrected chi connectivity index (χ0v) is 19.5. The molecule has 0 saturated carbocycles. The van der Waals surface area contributed by atoms with Crippen LogP contribution < -0.4 is 24.9 Å². The van der Waals surface area contributed by atoms with Gasteiger partial charge in [0, 0.05) is 22.4 Å². The maximum absolute atomic E-state index is 12.7. The van der Waals surface area contributed by atoms with Gasteiger partial charge in [-0.1, -0.05) is 18.2 Å². The van der Waals surface area contributed by atoms with E-state index in [-0.39, 0.29) is 22.8 Å². The molecule has 1 unspecified atom stereocenters. The fourth-order valence-corrected chi connectivity index (χ4v) is 4.47. The fraction of sp³-hybridized carbons (Fsp3) is 0.250. The smallest absolute Gasteiger partial charge is 0.391 e. The SMILES string of the molecule is COc1cc(/C=C/C(=O)OCC[S+](C)c2c([O-])c3ccccc3oc2=O)cc(OC)c1OC. The van der Waals surface area contributed by atoms with E-state index in [9.17, 15) is 14.7 Å². The number of benzene rings is 2. The van der Waals surface area contributed by atoms with Crippen molar-refractivity contribution in [2.45, 2.75) is 4.90 Å². The second-order valence-electron chi connectivity index (χ2n) is 6.84. The molecule has 2 aromatic carbocycles. The summed E-state index contributed by atoms with van der Waals surface area (Å²) >= 11 is 0. The molecule has 1 aromatic heterocycles. The van der Waals surface area contributed by atoms with E-state index in [2.05, 4.69) is 0 Å². The number of carbonyl (C=O) groups is 1. The van der Waals surface area contributed by atoms with Crippen LogP contribution in [0.4, 0.5) is 0 Å². The zero-order valence-electron chi connectivity index (χ0n) is 18.7. The topological polar surface area (TPSA) is 107 Å². The average molecular weight is 473 g/mol. The van der Waals surface area contributed by atoms with Gasteiger partial charge < -0.3 is 28.5 Å². The van der Waals surface area contributed by atoms with Crippen LogP contribution >= 0.6 is 0 Å². The van der Waals surface area contributed by atoms with E-state index in [0.717, 1.165) is 0 Å². The molecule has 1 heterocycles. The van der Waals surface area contributed by atoms with E-state index >= 15 is 0 Å². The summed E-state index contributed by atoms with van der Waals surface area (Å²) in [4.78, 5) is 24.5. The van der Waals surface area contributed by atoms with Crippen LogP contribution in [0, 0.1) is 0 Å². The molecule has 0 fully saturated rings. The van der Waals surface area contributed by atoms with Crippen LogP contribution in [0.15, 0.2) is 56.6 Å². The number of hydrogen-bond donors (Lipinski definition) is 0. The van der Waals surface area contributed by atoms with Gasteiger partial charge in [0.15, 0.2) is 11.5 Å². The average Bonchev–Trinajstić information content (AvgIpc) is 2.81. The van der Waals surface area contributed by atoms with Crippen molar-refractivity contribution in [3.8, 4) is 23.0 Å². The molecule has 0 aliphatic rings. The molecule has 1 atom stereocenters. The van der Waals surface area contributed by atoms with Crippen molar-refractivity contribution in [3.63, 3.8) is 0 Å². The van der Waals surface area contributed by atoms with Crippen LogP contribution in [0.1, 0.15) is 5.56 Å². The predicted molar refractivity (Wildman–Crippen MR) is 124 cm³/mol. The molecule has 0 aliphatic heterocycles. The Balaban J connectivity index is 1.64. The van der Waals surface area contributed by atoms with Gasteiger partial charge >= 0.3 is 11.6 Å². The largest absolute Gasteiger partial charge is 0.868 e. The molecule has 3 rings (SSSR count). The summed E-state index contributed by atoms with van der Waals surface area (Å²) in [5.74, 6) is 0.785. The van der Waals surface area contributed by atoms with E-state index in [0.29, 0.717) is 34.0 Å². The Morgan fingerprint density at radius 1 is 1.09 bits per heavy atom. The Hall–Kier alpha value is -3.59. The van der Waals surface area contributed by atoms with Gasteiger partial charge in [-0.2, -0.15) is 0 Å². The molecular formula is C24H24O8S. The lowest BCUT2D eigenvalue weighted by Crippen LogP contribution is -2.22. The van der Waals surface area contributed by atoms with Crippen LogP contribution in [-0.2, 0) is 20.4 Å². The third kappa shape index (κ3) is 5.43. The second kappa shape index (κ2) is 10.8. The number of rotatable bonds is 9. The van der Waals surface area contributed by atoms with Gasteiger partial charge in [-0.15, -0.1) is 0 Å². The standard InChI is InChI=1S/C24H24O8S/c1-28-18-13-15(14-19(29-2)22(18)30-3)9-10-20(25)31-11-12-33(4)23-21(26)16-7-5-6-8-17(16)32-24(23)27/h5-10,13-14H,11-12H2,1-4H3/b10-9+. The van der Waals surface area contributed by atoms with E-state index in [1.54, 1.807) is 48.7 Å². The van der Waals surface area contributed by atoms with Crippen molar-refractivity contribution in [1.29, 1.82) is 0 Å². The third-order valence-electron chi connectivity index (χ3n) is 4.81. The van der Waals surface area contributed by atoms with Gasteiger partial charge in [-0.3, -0.25) is 0 Å². The molecule has 0 radical (unpaired) electrons. The van der Waals surface area contributed by atoms with Crippen molar-refractivity contribution in [3.05, 3.63) is 58.5 Å². The van der Waals surface area contributed by atoms with Crippen molar-refractivity contribution in [1.82, 2.24) is 0 Å². The lowest BCUT2D eigenvalue weighted by molar-refractivity contribution is -0.270. The first kappa shape index (κ1) is 24.1. The molecule has 8 nitrogen and oxygen atoms in total. The molecule has 0 N–H and O–H groups in total. The second-order valence-corrected chi connectivity index (χ2v) is 8.94. The van der Waals surface area contributed by atoms with Crippen LogP contribution in [0.2, 0.25) is 0 Å². The van der Waals surface area contributed by atoms with Crippen molar-refractivity contribution >= 4 is 33.9 Å². The van der Waals surface area contributed by atoms with E-state index in [1.807, 2.05) is 0 Å². The van der Waals surface area contributed by atoms with E-state index < -0.39 is 22.5 Å². The third-order valence-corrected chi connectivity index (χ3v) is 6.64. The Kier molecular flexibility index (Phi) is 7.89.